The summed E-state index contributed by atoms with van der Waals surface area (Å²) in [6.45, 7) is 3.41. The lowest BCUT2D eigenvalue weighted by Crippen LogP contribution is -2.48. The van der Waals surface area contributed by atoms with Gasteiger partial charge in [-0.2, -0.15) is 28.1 Å². The van der Waals surface area contributed by atoms with Crippen LogP contribution >= 0.6 is 0 Å². The Morgan fingerprint density at radius 3 is 2.32 bits per heavy atom. The smallest absolute Gasteiger partial charge is 0.422 e. The summed E-state index contributed by atoms with van der Waals surface area (Å²) in [4.78, 5) is 29.6. The third kappa shape index (κ3) is 8.43. The number of benzene rings is 2. The molecular formula is C28H32F3N7O3. The SMILES string of the molecule is O=C1c2ccc(cc2)Nc2nc(nc(OCC(F)(F)F)n2)NCc2ccc(cc2)OCCCCCN2CCN1CC2. The van der Waals surface area contributed by atoms with Crippen molar-refractivity contribution in [2.24, 2.45) is 0 Å². The molecule has 2 aromatic carbocycles. The first kappa shape index (κ1) is 28.4. The largest absolute Gasteiger partial charge is 0.494 e. The number of hydrogen-bond acceptors (Lipinski definition) is 9. The summed E-state index contributed by atoms with van der Waals surface area (Å²) in [5.41, 5.74) is 1.99. The second-order valence-electron chi connectivity index (χ2n) is 9.91. The molecule has 8 bridgehead atoms. The molecule has 0 spiro atoms. The Morgan fingerprint density at radius 1 is 0.854 bits per heavy atom. The summed E-state index contributed by atoms with van der Waals surface area (Å²) in [6.07, 6.45) is -1.46. The third-order valence-corrected chi connectivity index (χ3v) is 6.79. The second-order valence-corrected chi connectivity index (χ2v) is 9.91. The van der Waals surface area contributed by atoms with Crippen LogP contribution in [0.4, 0.5) is 30.8 Å². The highest BCUT2D eigenvalue weighted by atomic mass is 19.4. The number of amides is 1. The Balaban J connectivity index is 1.36. The van der Waals surface area contributed by atoms with Gasteiger partial charge in [0.15, 0.2) is 6.61 Å². The van der Waals surface area contributed by atoms with Gasteiger partial charge in [-0.3, -0.25) is 9.69 Å². The number of anilines is 3. The van der Waals surface area contributed by atoms with E-state index in [1.54, 1.807) is 24.3 Å². The van der Waals surface area contributed by atoms with E-state index in [2.05, 4.69) is 30.5 Å². The van der Waals surface area contributed by atoms with Gasteiger partial charge in [-0.15, -0.1) is 0 Å². The van der Waals surface area contributed by atoms with Crippen LogP contribution in [0.25, 0.3) is 0 Å². The standard InChI is InChI=1S/C28H32F3N7O3/c29-28(30,31)19-41-27-35-25-32-18-20-4-10-23(11-5-20)40-17-3-1-2-12-37-13-15-38(16-14-37)24(39)21-6-8-22(9-7-21)33-26(34-25)36-27/h4-11H,1-3,12-19H2,(H2,32,33,34,35,36). The number of nitrogens with one attached hydrogen (secondary N) is 2. The first-order chi connectivity index (χ1) is 19.8. The van der Waals surface area contributed by atoms with Crippen molar-refractivity contribution in [2.45, 2.75) is 32.0 Å². The predicted octanol–water partition coefficient (Wildman–Crippen LogP) is 4.49. The maximum atomic E-state index is 13.1. The minimum Gasteiger partial charge on any atom is -0.494 e. The summed E-state index contributed by atoms with van der Waals surface area (Å²) in [7, 11) is 0. The molecule has 1 fully saturated rings. The number of rotatable bonds is 2. The molecule has 0 aliphatic carbocycles. The van der Waals surface area contributed by atoms with E-state index in [1.807, 2.05) is 29.2 Å². The monoisotopic (exact) mass is 571 g/mol. The van der Waals surface area contributed by atoms with Crippen LogP contribution in [-0.2, 0) is 6.54 Å². The third-order valence-electron chi connectivity index (χ3n) is 6.79. The van der Waals surface area contributed by atoms with E-state index >= 15 is 0 Å². The quantitative estimate of drug-likeness (QED) is 0.461. The predicted molar refractivity (Wildman–Crippen MR) is 147 cm³/mol. The van der Waals surface area contributed by atoms with E-state index in [9.17, 15) is 18.0 Å². The topological polar surface area (TPSA) is 105 Å². The lowest BCUT2D eigenvalue weighted by atomic mass is 10.1. The van der Waals surface area contributed by atoms with Gasteiger partial charge < -0.3 is 25.0 Å². The highest BCUT2D eigenvalue weighted by Crippen LogP contribution is 2.22. The zero-order chi connectivity index (χ0) is 28.7. The van der Waals surface area contributed by atoms with Gasteiger partial charge in [0.1, 0.15) is 5.75 Å². The van der Waals surface area contributed by atoms with Crippen LogP contribution in [0.15, 0.2) is 48.5 Å². The number of carbonyl (C=O) groups excluding carboxylic acids is 1. The van der Waals surface area contributed by atoms with E-state index < -0.39 is 18.8 Å². The van der Waals surface area contributed by atoms with E-state index in [1.165, 1.54) is 0 Å². The van der Waals surface area contributed by atoms with Crippen molar-refractivity contribution < 1.29 is 27.4 Å². The number of hydrogen-bond donors (Lipinski definition) is 2. The van der Waals surface area contributed by atoms with Crippen molar-refractivity contribution in [3.05, 3.63) is 59.7 Å². The highest BCUT2D eigenvalue weighted by Gasteiger charge is 2.29. The molecular weight excluding hydrogens is 539 g/mol. The van der Waals surface area contributed by atoms with Gasteiger partial charge in [-0.05, 0) is 67.8 Å². The van der Waals surface area contributed by atoms with Crippen molar-refractivity contribution in [3.63, 3.8) is 0 Å². The summed E-state index contributed by atoms with van der Waals surface area (Å²) in [6, 6.07) is 13.9. The Morgan fingerprint density at radius 2 is 1.59 bits per heavy atom. The van der Waals surface area contributed by atoms with Crippen molar-refractivity contribution in [2.75, 3.05) is 56.6 Å². The molecule has 0 radical (unpaired) electrons. The molecule has 41 heavy (non-hydrogen) atoms. The average molecular weight is 572 g/mol. The summed E-state index contributed by atoms with van der Waals surface area (Å²) in [5.74, 6) is 0.751. The molecule has 10 nitrogen and oxygen atoms in total. The fraction of sp³-hybridized carbons (Fsp3) is 0.429. The number of aromatic nitrogens is 3. The molecule has 8 rings (SSSR count). The van der Waals surface area contributed by atoms with Crippen LogP contribution in [0.1, 0.15) is 35.2 Å². The fourth-order valence-corrected chi connectivity index (χ4v) is 4.57. The molecule has 1 amide bonds. The van der Waals surface area contributed by atoms with Crippen molar-refractivity contribution >= 4 is 23.5 Å². The number of fused-ring (bicyclic) bond motifs is 3. The number of piperazine rings is 1. The lowest BCUT2D eigenvalue weighted by molar-refractivity contribution is -0.154. The van der Waals surface area contributed by atoms with Crippen molar-refractivity contribution in [1.29, 1.82) is 0 Å². The van der Waals surface area contributed by atoms with E-state index in [-0.39, 0.29) is 17.8 Å². The Kier molecular flexibility index (Phi) is 9.02. The summed E-state index contributed by atoms with van der Waals surface area (Å²) < 4.78 is 49.0. The molecule has 0 atom stereocenters. The Labute approximate surface area is 235 Å². The van der Waals surface area contributed by atoms with Gasteiger partial charge in [0.2, 0.25) is 11.9 Å². The molecule has 3 aromatic rings. The Bertz CT molecular complexity index is 1300. The molecule has 6 heterocycles. The summed E-state index contributed by atoms with van der Waals surface area (Å²) in [5, 5.41) is 5.97. The first-order valence-electron chi connectivity index (χ1n) is 13.6. The number of alkyl halides is 3. The van der Waals surface area contributed by atoms with Gasteiger partial charge in [0, 0.05) is 44.0 Å². The Hall–Kier alpha value is -4.13. The molecule has 13 heteroatoms. The van der Waals surface area contributed by atoms with Gasteiger partial charge in [-0.1, -0.05) is 12.1 Å². The second kappa shape index (κ2) is 13.0. The molecule has 1 aromatic heterocycles. The highest BCUT2D eigenvalue weighted by molar-refractivity contribution is 5.94. The number of carbonyl (C=O) groups is 1. The molecule has 1 saturated heterocycles. The number of nitrogens with zero attached hydrogens (tertiary/aromatic N) is 5. The zero-order valence-electron chi connectivity index (χ0n) is 22.5. The van der Waals surface area contributed by atoms with E-state index in [0.29, 0.717) is 37.5 Å². The van der Waals surface area contributed by atoms with Crippen LogP contribution in [0.5, 0.6) is 11.8 Å². The van der Waals surface area contributed by atoms with Gasteiger partial charge in [0.25, 0.3) is 5.91 Å². The molecule has 2 N–H and O–H groups in total. The van der Waals surface area contributed by atoms with Crippen LogP contribution in [0.3, 0.4) is 0 Å². The van der Waals surface area contributed by atoms with Gasteiger partial charge in [0.05, 0.1) is 6.61 Å². The molecule has 5 aliphatic rings. The van der Waals surface area contributed by atoms with Gasteiger partial charge in [-0.25, -0.2) is 0 Å². The first-order valence-corrected chi connectivity index (χ1v) is 13.6. The lowest BCUT2D eigenvalue weighted by Gasteiger charge is -2.34. The molecule has 0 saturated carbocycles. The van der Waals surface area contributed by atoms with E-state index in [0.717, 1.165) is 50.2 Å². The van der Waals surface area contributed by atoms with Crippen molar-refractivity contribution in [3.8, 4) is 11.8 Å². The summed E-state index contributed by atoms with van der Waals surface area (Å²) >= 11 is 0. The van der Waals surface area contributed by atoms with Crippen LogP contribution in [-0.4, -0.2) is 82.8 Å². The number of ether oxygens (including phenoxy) is 2. The minimum atomic E-state index is -4.55. The normalized spacial score (nSPS) is 17.2. The molecule has 0 unspecified atom stereocenters. The van der Waals surface area contributed by atoms with E-state index in [4.69, 9.17) is 9.47 Å². The maximum absolute atomic E-state index is 13.1. The van der Waals surface area contributed by atoms with Crippen LogP contribution < -0.4 is 20.1 Å². The average Bonchev–Trinajstić information content (AvgIpc) is 2.97. The van der Waals surface area contributed by atoms with Crippen LogP contribution in [0, 0.1) is 0 Å². The van der Waals surface area contributed by atoms with Crippen molar-refractivity contribution in [1.82, 2.24) is 24.8 Å². The maximum Gasteiger partial charge on any atom is 0.422 e. The molecule has 218 valence electrons. The molecule has 5 aliphatic heterocycles. The number of halogens is 3. The minimum absolute atomic E-state index is 0.0101. The van der Waals surface area contributed by atoms with Crippen LogP contribution in [0.2, 0.25) is 0 Å². The van der Waals surface area contributed by atoms with Gasteiger partial charge >= 0.3 is 12.2 Å². The zero-order valence-corrected chi connectivity index (χ0v) is 22.5. The fourth-order valence-electron chi connectivity index (χ4n) is 4.57.